The maximum absolute atomic E-state index is 12.3. The zero-order chi connectivity index (χ0) is 15.4. The lowest BCUT2D eigenvalue weighted by molar-refractivity contribution is -0.132. The number of amides is 1. The summed E-state index contributed by atoms with van der Waals surface area (Å²) >= 11 is 0. The minimum Gasteiger partial charge on any atom is -0.424 e. The summed E-state index contributed by atoms with van der Waals surface area (Å²) in [5.74, 6) is 1.42. The Morgan fingerprint density at radius 1 is 1.14 bits per heavy atom. The van der Waals surface area contributed by atoms with Gasteiger partial charge >= 0.3 is 0 Å². The summed E-state index contributed by atoms with van der Waals surface area (Å²) in [4.78, 5) is 16.5. The van der Waals surface area contributed by atoms with Crippen LogP contribution in [0.4, 0.5) is 0 Å². The van der Waals surface area contributed by atoms with Gasteiger partial charge in [-0.25, -0.2) is 0 Å². The van der Waals surface area contributed by atoms with Crippen LogP contribution in [0.3, 0.4) is 0 Å². The first-order valence-corrected chi connectivity index (χ1v) is 7.54. The second-order valence-electron chi connectivity index (χ2n) is 5.53. The van der Waals surface area contributed by atoms with Crippen LogP contribution >= 0.6 is 0 Å². The Bertz CT molecular complexity index is 618. The topological polar surface area (TPSA) is 62.5 Å². The van der Waals surface area contributed by atoms with E-state index in [1.807, 2.05) is 35.2 Å². The van der Waals surface area contributed by atoms with Crippen molar-refractivity contribution in [3.8, 4) is 0 Å². The molecule has 3 rings (SSSR count). The Morgan fingerprint density at radius 3 is 2.50 bits per heavy atom. The second-order valence-corrected chi connectivity index (χ2v) is 5.53. The van der Waals surface area contributed by atoms with Gasteiger partial charge in [-0.05, 0) is 5.56 Å². The fourth-order valence-corrected chi connectivity index (χ4v) is 2.63. The summed E-state index contributed by atoms with van der Waals surface area (Å²) in [5, 5.41) is 7.85. The Hall–Kier alpha value is -2.21. The number of carbonyl (C=O) groups is 1. The lowest BCUT2D eigenvalue weighted by Crippen LogP contribution is -2.48. The molecule has 1 amide bonds. The fraction of sp³-hybridized carbons (Fsp3) is 0.438. The van der Waals surface area contributed by atoms with Crippen LogP contribution in [0.1, 0.15) is 17.3 Å². The summed E-state index contributed by atoms with van der Waals surface area (Å²) in [6.07, 6.45) is 0.476. The average molecular weight is 300 g/mol. The number of carbonyl (C=O) groups excluding carboxylic acids is 1. The highest BCUT2D eigenvalue weighted by molar-refractivity contribution is 5.78. The Labute approximate surface area is 129 Å². The summed E-state index contributed by atoms with van der Waals surface area (Å²) in [7, 11) is 0. The normalized spacial score (nSPS) is 16.0. The van der Waals surface area contributed by atoms with Crippen molar-refractivity contribution in [2.75, 3.05) is 26.2 Å². The van der Waals surface area contributed by atoms with Crippen LogP contribution in [0, 0.1) is 6.92 Å². The molecule has 0 aliphatic carbocycles. The highest BCUT2D eigenvalue weighted by atomic mass is 16.4. The molecule has 22 heavy (non-hydrogen) atoms. The van der Waals surface area contributed by atoms with Gasteiger partial charge in [0, 0.05) is 33.1 Å². The standard InChI is InChI=1S/C16H20N4O2/c1-13-17-18-15(22-13)12-19-7-9-20(10-8-19)16(21)11-14-5-3-2-4-6-14/h2-6H,7-12H2,1H3. The maximum Gasteiger partial charge on any atom is 0.230 e. The zero-order valence-electron chi connectivity index (χ0n) is 12.7. The van der Waals surface area contributed by atoms with E-state index in [1.54, 1.807) is 6.92 Å². The Kier molecular flexibility index (Phi) is 4.48. The molecule has 0 radical (unpaired) electrons. The number of aromatic nitrogens is 2. The van der Waals surface area contributed by atoms with Gasteiger partial charge in [-0.1, -0.05) is 30.3 Å². The van der Waals surface area contributed by atoms with Crippen LogP contribution in [-0.2, 0) is 17.8 Å². The maximum atomic E-state index is 12.3. The molecule has 0 spiro atoms. The van der Waals surface area contributed by atoms with Crippen molar-refractivity contribution in [2.24, 2.45) is 0 Å². The predicted octanol–water partition coefficient (Wildman–Crippen LogP) is 1.26. The molecule has 0 unspecified atom stereocenters. The molecule has 6 nitrogen and oxygen atoms in total. The Morgan fingerprint density at radius 2 is 1.86 bits per heavy atom. The Balaban J connectivity index is 1.48. The molecule has 1 aromatic carbocycles. The van der Waals surface area contributed by atoms with Gasteiger partial charge in [-0.2, -0.15) is 0 Å². The number of rotatable bonds is 4. The van der Waals surface area contributed by atoms with Crippen LogP contribution in [0.25, 0.3) is 0 Å². The third kappa shape index (κ3) is 3.71. The predicted molar refractivity (Wildman–Crippen MR) is 81.0 cm³/mol. The minimum atomic E-state index is 0.194. The van der Waals surface area contributed by atoms with E-state index in [4.69, 9.17) is 4.42 Å². The summed E-state index contributed by atoms with van der Waals surface area (Å²) in [6, 6.07) is 9.88. The largest absolute Gasteiger partial charge is 0.424 e. The van der Waals surface area contributed by atoms with E-state index < -0.39 is 0 Å². The van der Waals surface area contributed by atoms with Crippen molar-refractivity contribution < 1.29 is 9.21 Å². The number of nitrogens with zero attached hydrogens (tertiary/aromatic N) is 4. The summed E-state index contributed by atoms with van der Waals surface area (Å²) in [6.45, 7) is 5.61. The molecule has 2 aromatic rings. The summed E-state index contributed by atoms with van der Waals surface area (Å²) in [5.41, 5.74) is 1.07. The molecule has 0 bridgehead atoms. The smallest absolute Gasteiger partial charge is 0.230 e. The van der Waals surface area contributed by atoms with Gasteiger partial charge in [0.05, 0.1) is 13.0 Å². The van der Waals surface area contributed by atoms with Crippen molar-refractivity contribution in [1.82, 2.24) is 20.0 Å². The highest BCUT2D eigenvalue weighted by Gasteiger charge is 2.22. The first-order chi connectivity index (χ1) is 10.7. The number of hydrogen-bond donors (Lipinski definition) is 0. The number of benzene rings is 1. The SMILES string of the molecule is Cc1nnc(CN2CCN(C(=O)Cc3ccccc3)CC2)o1. The molecule has 116 valence electrons. The van der Waals surface area contributed by atoms with Gasteiger partial charge in [0.1, 0.15) is 0 Å². The quantitative estimate of drug-likeness (QED) is 0.851. The van der Waals surface area contributed by atoms with E-state index in [1.165, 1.54) is 0 Å². The van der Waals surface area contributed by atoms with E-state index in [-0.39, 0.29) is 5.91 Å². The van der Waals surface area contributed by atoms with E-state index in [0.717, 1.165) is 31.7 Å². The number of piperazine rings is 1. The van der Waals surface area contributed by atoms with Crippen LogP contribution in [0.5, 0.6) is 0 Å². The van der Waals surface area contributed by atoms with E-state index >= 15 is 0 Å². The van der Waals surface area contributed by atoms with E-state index in [9.17, 15) is 4.79 Å². The van der Waals surface area contributed by atoms with Crippen molar-refractivity contribution >= 4 is 5.91 Å². The van der Waals surface area contributed by atoms with Crippen molar-refractivity contribution in [3.05, 3.63) is 47.7 Å². The molecule has 0 N–H and O–H groups in total. The highest BCUT2D eigenvalue weighted by Crippen LogP contribution is 2.10. The van der Waals surface area contributed by atoms with Crippen molar-refractivity contribution in [2.45, 2.75) is 19.9 Å². The van der Waals surface area contributed by atoms with Crippen molar-refractivity contribution in [3.63, 3.8) is 0 Å². The first kappa shape index (κ1) is 14.7. The van der Waals surface area contributed by atoms with E-state index in [0.29, 0.717) is 24.7 Å². The zero-order valence-corrected chi connectivity index (χ0v) is 12.7. The fourth-order valence-electron chi connectivity index (χ4n) is 2.63. The van der Waals surface area contributed by atoms with Crippen molar-refractivity contribution in [1.29, 1.82) is 0 Å². The molecular formula is C16H20N4O2. The average Bonchev–Trinajstić information content (AvgIpc) is 2.94. The van der Waals surface area contributed by atoms with Crippen LogP contribution in [0.15, 0.2) is 34.7 Å². The third-order valence-corrected chi connectivity index (χ3v) is 3.85. The lowest BCUT2D eigenvalue weighted by atomic mass is 10.1. The van der Waals surface area contributed by atoms with Crippen LogP contribution in [0.2, 0.25) is 0 Å². The molecular weight excluding hydrogens is 280 g/mol. The number of hydrogen-bond acceptors (Lipinski definition) is 5. The third-order valence-electron chi connectivity index (χ3n) is 3.85. The van der Waals surface area contributed by atoms with Crippen LogP contribution < -0.4 is 0 Å². The van der Waals surface area contributed by atoms with Gasteiger partial charge in [0.25, 0.3) is 0 Å². The molecule has 0 atom stereocenters. The lowest BCUT2D eigenvalue weighted by Gasteiger charge is -2.34. The van der Waals surface area contributed by atoms with Gasteiger partial charge in [0.15, 0.2) is 0 Å². The van der Waals surface area contributed by atoms with Gasteiger partial charge in [0.2, 0.25) is 17.7 Å². The number of aryl methyl sites for hydroxylation is 1. The molecule has 1 aliphatic heterocycles. The molecule has 1 saturated heterocycles. The van der Waals surface area contributed by atoms with Crippen LogP contribution in [-0.4, -0.2) is 52.1 Å². The monoisotopic (exact) mass is 300 g/mol. The second kappa shape index (κ2) is 6.70. The van der Waals surface area contributed by atoms with Gasteiger partial charge < -0.3 is 9.32 Å². The minimum absolute atomic E-state index is 0.194. The molecule has 2 heterocycles. The van der Waals surface area contributed by atoms with Gasteiger partial charge in [-0.3, -0.25) is 9.69 Å². The molecule has 0 saturated carbocycles. The summed E-state index contributed by atoms with van der Waals surface area (Å²) < 4.78 is 5.40. The van der Waals surface area contributed by atoms with Gasteiger partial charge in [-0.15, -0.1) is 10.2 Å². The molecule has 6 heteroatoms. The molecule has 1 aromatic heterocycles. The molecule has 1 aliphatic rings. The first-order valence-electron chi connectivity index (χ1n) is 7.54. The van der Waals surface area contributed by atoms with E-state index in [2.05, 4.69) is 15.1 Å². The molecule has 1 fully saturated rings.